The van der Waals surface area contributed by atoms with Crippen LogP contribution >= 0.6 is 22.9 Å². The molecule has 1 fully saturated rings. The molecule has 0 unspecified atom stereocenters. The maximum absolute atomic E-state index is 10.8. The van der Waals surface area contributed by atoms with Gasteiger partial charge < -0.3 is 5.11 Å². The van der Waals surface area contributed by atoms with E-state index >= 15 is 0 Å². The second-order valence-corrected chi connectivity index (χ2v) is 5.31. The molecule has 1 heterocycles. The molecule has 4 heteroatoms. The molecule has 1 N–H and O–H groups in total. The van der Waals surface area contributed by atoms with Crippen LogP contribution < -0.4 is 0 Å². The summed E-state index contributed by atoms with van der Waals surface area (Å²) in [5.74, 6) is -0.374. The maximum atomic E-state index is 10.8. The number of carboxylic acids is 1. The molecule has 0 saturated heterocycles. The number of aromatic carboxylic acids is 1. The van der Waals surface area contributed by atoms with E-state index in [1.165, 1.54) is 37.0 Å². The van der Waals surface area contributed by atoms with Gasteiger partial charge >= 0.3 is 5.97 Å². The predicted octanol–water partition coefficient (Wildman–Crippen LogP) is 3.76. The lowest BCUT2D eigenvalue weighted by molar-refractivity contribution is 0.0697. The second kappa shape index (κ2) is 3.91. The van der Waals surface area contributed by atoms with Crippen LogP contribution in [0.25, 0.3) is 0 Å². The molecule has 0 radical (unpaired) electrons. The standard InChI is InChI=1S/C10H11ClO2S/c11-9-7(10(12)13)5-8(14-9)6-3-1-2-4-6/h5-6H,1-4H2,(H,12,13). The van der Waals surface area contributed by atoms with E-state index in [0.29, 0.717) is 10.3 Å². The number of carbonyl (C=O) groups is 1. The van der Waals surface area contributed by atoms with Crippen LogP contribution in [-0.2, 0) is 0 Å². The Bertz CT molecular complexity index is 353. The highest BCUT2D eigenvalue weighted by molar-refractivity contribution is 7.16. The molecule has 14 heavy (non-hydrogen) atoms. The second-order valence-electron chi connectivity index (χ2n) is 3.62. The van der Waals surface area contributed by atoms with Gasteiger partial charge in [-0.15, -0.1) is 11.3 Å². The van der Waals surface area contributed by atoms with Gasteiger partial charge in [0.25, 0.3) is 0 Å². The Morgan fingerprint density at radius 1 is 1.50 bits per heavy atom. The smallest absolute Gasteiger partial charge is 0.338 e. The first-order valence-electron chi connectivity index (χ1n) is 4.71. The first-order chi connectivity index (χ1) is 6.68. The average Bonchev–Trinajstić information content (AvgIpc) is 2.70. The van der Waals surface area contributed by atoms with E-state index in [2.05, 4.69) is 0 Å². The number of thiophene rings is 1. The molecule has 2 nitrogen and oxygen atoms in total. The minimum Gasteiger partial charge on any atom is -0.478 e. The highest BCUT2D eigenvalue weighted by Gasteiger charge is 2.22. The van der Waals surface area contributed by atoms with E-state index in [1.807, 2.05) is 0 Å². The normalized spacial score (nSPS) is 17.5. The van der Waals surface area contributed by atoms with Crippen LogP contribution in [0.15, 0.2) is 6.07 Å². The average molecular weight is 231 g/mol. The zero-order valence-electron chi connectivity index (χ0n) is 7.62. The molecule has 0 bridgehead atoms. The van der Waals surface area contributed by atoms with Crippen LogP contribution in [0.5, 0.6) is 0 Å². The summed E-state index contributed by atoms with van der Waals surface area (Å²) in [4.78, 5) is 11.9. The lowest BCUT2D eigenvalue weighted by Gasteiger charge is -2.03. The molecule has 76 valence electrons. The summed E-state index contributed by atoms with van der Waals surface area (Å²) >= 11 is 7.28. The van der Waals surface area contributed by atoms with Gasteiger partial charge in [0.15, 0.2) is 0 Å². The molecule has 0 aliphatic heterocycles. The molecule has 2 rings (SSSR count). The van der Waals surface area contributed by atoms with Crippen molar-refractivity contribution >= 4 is 28.9 Å². The molecule has 1 aromatic heterocycles. The van der Waals surface area contributed by atoms with Crippen LogP contribution in [0.3, 0.4) is 0 Å². The van der Waals surface area contributed by atoms with Gasteiger partial charge in [0.2, 0.25) is 0 Å². The fraction of sp³-hybridized carbons (Fsp3) is 0.500. The zero-order chi connectivity index (χ0) is 10.1. The van der Waals surface area contributed by atoms with E-state index in [0.717, 1.165) is 4.88 Å². The first kappa shape index (κ1) is 9.99. The predicted molar refractivity (Wildman–Crippen MR) is 57.5 cm³/mol. The van der Waals surface area contributed by atoms with Crippen LogP contribution in [0.1, 0.15) is 46.8 Å². The molecular weight excluding hydrogens is 220 g/mol. The summed E-state index contributed by atoms with van der Waals surface area (Å²) in [5, 5.41) is 8.84. The highest BCUT2D eigenvalue weighted by Crippen LogP contribution is 2.40. The van der Waals surface area contributed by atoms with E-state index < -0.39 is 5.97 Å². The molecule has 0 atom stereocenters. The van der Waals surface area contributed by atoms with Gasteiger partial charge in [-0.25, -0.2) is 4.79 Å². The van der Waals surface area contributed by atoms with Gasteiger partial charge in [-0.1, -0.05) is 24.4 Å². The van der Waals surface area contributed by atoms with Gasteiger partial charge in [-0.05, 0) is 24.8 Å². The summed E-state index contributed by atoms with van der Waals surface area (Å²) in [7, 11) is 0. The number of carboxylic acid groups (broad SMARTS) is 1. The van der Waals surface area contributed by atoms with Crippen molar-refractivity contribution in [1.82, 2.24) is 0 Å². The Kier molecular flexibility index (Phi) is 2.79. The summed E-state index contributed by atoms with van der Waals surface area (Å²) < 4.78 is 0.416. The minimum atomic E-state index is -0.921. The summed E-state index contributed by atoms with van der Waals surface area (Å²) in [6.07, 6.45) is 4.86. The molecule has 1 aliphatic rings. The van der Waals surface area contributed by atoms with Crippen LogP contribution in [-0.4, -0.2) is 11.1 Å². The van der Waals surface area contributed by atoms with Crippen molar-refractivity contribution in [2.45, 2.75) is 31.6 Å². The third kappa shape index (κ3) is 1.79. The monoisotopic (exact) mass is 230 g/mol. The van der Waals surface area contributed by atoms with Gasteiger partial charge in [0.05, 0.1) is 5.56 Å². The SMILES string of the molecule is O=C(O)c1cc(C2CCCC2)sc1Cl. The largest absolute Gasteiger partial charge is 0.478 e. The molecule has 1 saturated carbocycles. The lowest BCUT2D eigenvalue weighted by Crippen LogP contribution is -1.94. The molecule has 0 spiro atoms. The highest BCUT2D eigenvalue weighted by atomic mass is 35.5. The molecule has 1 aliphatic carbocycles. The minimum absolute atomic E-state index is 0.263. The van der Waals surface area contributed by atoms with Gasteiger partial charge in [-0.2, -0.15) is 0 Å². The van der Waals surface area contributed by atoms with Gasteiger partial charge in [0, 0.05) is 4.88 Å². The topological polar surface area (TPSA) is 37.3 Å². The van der Waals surface area contributed by atoms with E-state index in [9.17, 15) is 4.79 Å². The maximum Gasteiger partial charge on any atom is 0.338 e. The van der Waals surface area contributed by atoms with E-state index in [4.69, 9.17) is 16.7 Å². The Hall–Kier alpha value is -0.540. The first-order valence-corrected chi connectivity index (χ1v) is 5.90. The van der Waals surface area contributed by atoms with Crippen molar-refractivity contribution in [2.24, 2.45) is 0 Å². The van der Waals surface area contributed by atoms with Crippen molar-refractivity contribution in [3.8, 4) is 0 Å². The summed E-state index contributed by atoms with van der Waals surface area (Å²) in [6, 6.07) is 1.74. The van der Waals surface area contributed by atoms with Gasteiger partial charge in [-0.3, -0.25) is 0 Å². The van der Waals surface area contributed by atoms with Gasteiger partial charge in [0.1, 0.15) is 4.34 Å². The Labute approximate surface area is 91.5 Å². The van der Waals surface area contributed by atoms with E-state index in [1.54, 1.807) is 6.07 Å². The van der Waals surface area contributed by atoms with Crippen LogP contribution in [0, 0.1) is 0 Å². The molecule has 0 aromatic carbocycles. The number of hydrogen-bond acceptors (Lipinski definition) is 2. The zero-order valence-corrected chi connectivity index (χ0v) is 9.20. The van der Waals surface area contributed by atoms with E-state index in [-0.39, 0.29) is 5.56 Å². The molecular formula is C10H11ClO2S. The lowest BCUT2D eigenvalue weighted by atomic mass is 10.1. The van der Waals surface area contributed by atoms with Crippen molar-refractivity contribution in [2.75, 3.05) is 0 Å². The summed E-state index contributed by atoms with van der Waals surface area (Å²) in [5.41, 5.74) is 0.263. The van der Waals surface area contributed by atoms with Crippen molar-refractivity contribution in [3.63, 3.8) is 0 Å². The Morgan fingerprint density at radius 2 is 2.14 bits per heavy atom. The van der Waals surface area contributed by atoms with Crippen LogP contribution in [0.4, 0.5) is 0 Å². The number of rotatable bonds is 2. The quantitative estimate of drug-likeness (QED) is 0.840. The third-order valence-corrected chi connectivity index (χ3v) is 4.21. The fourth-order valence-corrected chi connectivity index (χ4v) is 3.39. The van der Waals surface area contributed by atoms with Crippen molar-refractivity contribution in [3.05, 3.63) is 20.8 Å². The fourth-order valence-electron chi connectivity index (χ4n) is 1.94. The summed E-state index contributed by atoms with van der Waals surface area (Å²) in [6.45, 7) is 0. The molecule has 1 aromatic rings. The number of hydrogen-bond donors (Lipinski definition) is 1. The van der Waals surface area contributed by atoms with Crippen molar-refractivity contribution < 1.29 is 9.90 Å². The number of halogens is 1. The van der Waals surface area contributed by atoms with Crippen LogP contribution in [0.2, 0.25) is 4.34 Å². The Balaban J connectivity index is 2.27. The third-order valence-electron chi connectivity index (χ3n) is 2.69. The molecule has 0 amide bonds. The van der Waals surface area contributed by atoms with Crippen molar-refractivity contribution in [1.29, 1.82) is 0 Å². The Morgan fingerprint density at radius 3 is 2.64 bits per heavy atom.